The summed E-state index contributed by atoms with van der Waals surface area (Å²) in [5.41, 5.74) is 4.73. The molecule has 0 aliphatic carbocycles. The Morgan fingerprint density at radius 1 is 1.48 bits per heavy atom. The SMILES string of the molecule is C[C@H](CNS(=O)(=O)c1cc(Br)cnc1N)CC(=N)C(=O)OC(C)(C)C. The zero-order valence-electron chi connectivity index (χ0n) is 14.6. The monoisotopic (exact) mass is 434 g/mol. The fourth-order valence-electron chi connectivity index (χ4n) is 1.82. The molecule has 4 N–H and O–H groups in total. The smallest absolute Gasteiger partial charge is 0.352 e. The van der Waals surface area contributed by atoms with Gasteiger partial charge in [0.15, 0.2) is 0 Å². The number of carbonyl (C=O) groups excluding carboxylic acids is 1. The fraction of sp³-hybridized carbons (Fsp3) is 0.533. The third-order valence-electron chi connectivity index (χ3n) is 2.96. The molecule has 0 saturated heterocycles. The minimum atomic E-state index is -3.85. The molecular formula is C15H23BrN4O4S. The summed E-state index contributed by atoms with van der Waals surface area (Å²) in [6.07, 6.45) is 1.49. The second kappa shape index (κ2) is 8.24. The number of nitrogen functional groups attached to an aromatic ring is 1. The zero-order valence-corrected chi connectivity index (χ0v) is 17.0. The molecule has 1 heterocycles. The van der Waals surface area contributed by atoms with E-state index in [1.54, 1.807) is 27.7 Å². The Labute approximate surface area is 156 Å². The normalized spacial score (nSPS) is 13.3. The maximum atomic E-state index is 12.3. The standard InChI is InChI=1S/C15H23BrN4O4S/c1-9(5-11(17)14(21)24-15(2,3)4)7-20-25(22,23)12-6-10(16)8-19-13(12)18/h6,8-9,17,20H,5,7H2,1-4H3,(H2,18,19)/t9-/m0/s1. The highest BCUT2D eigenvalue weighted by Gasteiger charge is 2.23. The molecule has 0 aromatic carbocycles. The number of anilines is 1. The van der Waals surface area contributed by atoms with Gasteiger partial charge in [-0.05, 0) is 48.7 Å². The van der Waals surface area contributed by atoms with Crippen molar-refractivity contribution in [2.75, 3.05) is 12.3 Å². The average molecular weight is 435 g/mol. The minimum absolute atomic E-state index is 0.0411. The Kier molecular flexibility index (Phi) is 7.09. The number of ether oxygens (including phenoxy) is 1. The van der Waals surface area contributed by atoms with E-state index in [0.717, 1.165) is 0 Å². The number of nitrogens with two attached hydrogens (primary N) is 1. The summed E-state index contributed by atoms with van der Waals surface area (Å²) in [7, 11) is -3.85. The van der Waals surface area contributed by atoms with E-state index in [9.17, 15) is 13.2 Å². The lowest BCUT2D eigenvalue weighted by Crippen LogP contribution is -2.33. The lowest BCUT2D eigenvalue weighted by molar-refractivity contribution is -0.146. The Morgan fingerprint density at radius 3 is 2.64 bits per heavy atom. The Bertz CT molecular complexity index is 759. The van der Waals surface area contributed by atoms with Crippen molar-refractivity contribution in [2.24, 2.45) is 5.92 Å². The molecule has 25 heavy (non-hydrogen) atoms. The van der Waals surface area contributed by atoms with Gasteiger partial charge in [0.1, 0.15) is 22.0 Å². The van der Waals surface area contributed by atoms with E-state index in [0.29, 0.717) is 4.47 Å². The highest BCUT2D eigenvalue weighted by Crippen LogP contribution is 2.20. The van der Waals surface area contributed by atoms with Crippen LogP contribution >= 0.6 is 15.9 Å². The van der Waals surface area contributed by atoms with Gasteiger partial charge in [-0.25, -0.2) is 22.9 Å². The van der Waals surface area contributed by atoms with E-state index in [1.165, 1.54) is 12.3 Å². The molecule has 1 aromatic heterocycles. The van der Waals surface area contributed by atoms with Crippen molar-refractivity contribution in [3.05, 3.63) is 16.7 Å². The molecule has 0 unspecified atom stereocenters. The minimum Gasteiger partial charge on any atom is -0.456 e. The first-order valence-electron chi connectivity index (χ1n) is 7.53. The number of pyridine rings is 1. The Balaban J connectivity index is 2.66. The number of hydrogen-bond donors (Lipinski definition) is 3. The maximum absolute atomic E-state index is 12.3. The number of sulfonamides is 1. The lowest BCUT2D eigenvalue weighted by atomic mass is 10.0. The average Bonchev–Trinajstić information content (AvgIpc) is 2.46. The molecule has 10 heteroatoms. The van der Waals surface area contributed by atoms with Crippen LogP contribution in [0, 0.1) is 11.3 Å². The Morgan fingerprint density at radius 2 is 2.08 bits per heavy atom. The molecule has 0 saturated carbocycles. The first-order valence-corrected chi connectivity index (χ1v) is 9.81. The summed E-state index contributed by atoms with van der Waals surface area (Å²) in [5, 5.41) is 7.78. The molecule has 8 nitrogen and oxygen atoms in total. The molecule has 1 rings (SSSR count). The second-order valence-corrected chi connectivity index (χ2v) is 9.33. The number of nitrogens with one attached hydrogen (secondary N) is 2. The van der Waals surface area contributed by atoms with Crippen LogP contribution in [0.4, 0.5) is 5.82 Å². The van der Waals surface area contributed by atoms with Crippen molar-refractivity contribution in [1.82, 2.24) is 9.71 Å². The topological polar surface area (TPSA) is 135 Å². The van der Waals surface area contributed by atoms with Gasteiger partial charge >= 0.3 is 5.97 Å². The van der Waals surface area contributed by atoms with E-state index in [2.05, 4.69) is 25.6 Å². The van der Waals surface area contributed by atoms with Gasteiger partial charge in [-0.15, -0.1) is 0 Å². The summed E-state index contributed by atoms with van der Waals surface area (Å²) < 4.78 is 32.7. The third kappa shape index (κ3) is 7.09. The molecule has 0 aliphatic rings. The van der Waals surface area contributed by atoms with Crippen LogP contribution in [0.2, 0.25) is 0 Å². The van der Waals surface area contributed by atoms with E-state index >= 15 is 0 Å². The number of halogens is 1. The second-order valence-electron chi connectivity index (χ2n) is 6.68. The van der Waals surface area contributed by atoms with E-state index in [1.807, 2.05) is 0 Å². The Hall–Kier alpha value is -1.52. The van der Waals surface area contributed by atoms with Gasteiger partial charge in [-0.3, -0.25) is 5.41 Å². The number of esters is 1. The molecule has 1 aromatic rings. The first kappa shape index (κ1) is 21.5. The largest absolute Gasteiger partial charge is 0.456 e. The van der Waals surface area contributed by atoms with Crippen LogP contribution < -0.4 is 10.5 Å². The van der Waals surface area contributed by atoms with Crippen LogP contribution in [-0.2, 0) is 19.6 Å². The van der Waals surface area contributed by atoms with Crippen molar-refractivity contribution in [2.45, 2.75) is 44.6 Å². The predicted molar refractivity (Wildman–Crippen MR) is 98.9 cm³/mol. The molecule has 0 radical (unpaired) electrons. The zero-order chi connectivity index (χ0) is 19.4. The van der Waals surface area contributed by atoms with Crippen LogP contribution in [0.25, 0.3) is 0 Å². The number of hydrogen-bond acceptors (Lipinski definition) is 7. The van der Waals surface area contributed by atoms with Gasteiger partial charge < -0.3 is 10.5 Å². The van der Waals surface area contributed by atoms with Crippen LogP contribution in [0.1, 0.15) is 34.1 Å². The van der Waals surface area contributed by atoms with Gasteiger partial charge in [0.05, 0.1) is 0 Å². The summed E-state index contributed by atoms with van der Waals surface area (Å²) in [6.45, 7) is 6.91. The summed E-state index contributed by atoms with van der Waals surface area (Å²) >= 11 is 3.15. The third-order valence-corrected chi connectivity index (χ3v) is 4.84. The van der Waals surface area contributed by atoms with E-state index in [4.69, 9.17) is 15.9 Å². The predicted octanol–water partition coefficient (Wildman–Crippen LogP) is 2.09. The highest BCUT2D eigenvalue weighted by molar-refractivity contribution is 9.10. The van der Waals surface area contributed by atoms with Crippen LogP contribution in [0.5, 0.6) is 0 Å². The van der Waals surface area contributed by atoms with Crippen LogP contribution in [-0.4, -0.2) is 37.2 Å². The highest BCUT2D eigenvalue weighted by atomic mass is 79.9. The molecule has 0 fully saturated rings. The van der Waals surface area contributed by atoms with Crippen molar-refractivity contribution in [3.63, 3.8) is 0 Å². The maximum Gasteiger partial charge on any atom is 0.352 e. The van der Waals surface area contributed by atoms with Crippen LogP contribution in [0.3, 0.4) is 0 Å². The van der Waals surface area contributed by atoms with Gasteiger partial charge in [-0.1, -0.05) is 6.92 Å². The molecule has 0 amide bonds. The summed E-state index contributed by atoms with van der Waals surface area (Å²) in [5.74, 6) is -1.09. The summed E-state index contributed by atoms with van der Waals surface area (Å²) in [4.78, 5) is 15.4. The molecule has 140 valence electrons. The van der Waals surface area contributed by atoms with Gasteiger partial charge in [0.2, 0.25) is 10.0 Å². The molecule has 0 aliphatic heterocycles. The number of carbonyl (C=O) groups is 1. The van der Waals surface area contributed by atoms with Crippen molar-refractivity contribution in [3.8, 4) is 0 Å². The van der Waals surface area contributed by atoms with Gasteiger partial charge in [-0.2, -0.15) is 0 Å². The lowest BCUT2D eigenvalue weighted by Gasteiger charge is -2.20. The van der Waals surface area contributed by atoms with Crippen molar-refractivity contribution in [1.29, 1.82) is 5.41 Å². The van der Waals surface area contributed by atoms with E-state index < -0.39 is 21.6 Å². The quantitative estimate of drug-likeness (QED) is 0.443. The fourth-order valence-corrected chi connectivity index (χ4v) is 3.57. The number of aromatic nitrogens is 1. The van der Waals surface area contributed by atoms with Crippen molar-refractivity contribution < 1.29 is 17.9 Å². The van der Waals surface area contributed by atoms with E-state index in [-0.39, 0.29) is 35.3 Å². The molecule has 0 bridgehead atoms. The van der Waals surface area contributed by atoms with Gasteiger partial charge in [0, 0.05) is 23.6 Å². The number of rotatable bonds is 7. The van der Waals surface area contributed by atoms with Gasteiger partial charge in [0.25, 0.3) is 0 Å². The van der Waals surface area contributed by atoms with Crippen molar-refractivity contribution >= 4 is 43.5 Å². The first-order chi connectivity index (χ1) is 11.3. The number of nitrogens with zero attached hydrogens (tertiary/aromatic N) is 1. The summed E-state index contributed by atoms with van der Waals surface area (Å²) in [6, 6.07) is 1.36. The molecule has 1 atom stereocenters. The molecular weight excluding hydrogens is 412 g/mol. The molecule has 0 spiro atoms. The van der Waals surface area contributed by atoms with Crippen LogP contribution in [0.15, 0.2) is 21.6 Å².